The first-order valence-electron chi connectivity index (χ1n) is 27.7. The lowest BCUT2D eigenvalue weighted by Gasteiger charge is -2.72. The third-order valence-electron chi connectivity index (χ3n) is 21.0. The molecule has 0 spiro atoms. The van der Waals surface area contributed by atoms with E-state index < -0.39 is 193 Å². The Morgan fingerprint density at radius 3 is 1.81 bits per heavy atom. The molecule has 0 radical (unpaired) electrons. The maximum atomic E-state index is 13.3. The fourth-order valence-electron chi connectivity index (χ4n) is 16.1. The number of fused-ring (bicyclic) bond motifs is 7. The summed E-state index contributed by atoms with van der Waals surface area (Å²) in [5.41, 5.74) is -3.78. The highest BCUT2D eigenvalue weighted by Crippen LogP contribution is 2.76. The molecule has 0 amide bonds. The van der Waals surface area contributed by atoms with Crippen LogP contribution in [0.25, 0.3) is 0 Å². The Morgan fingerprint density at radius 1 is 0.696 bits per heavy atom. The first-order valence-corrected chi connectivity index (χ1v) is 27.7. The summed E-state index contributed by atoms with van der Waals surface area (Å²) in [5.74, 6) is -3.82. The van der Waals surface area contributed by atoms with Gasteiger partial charge in [0.1, 0.15) is 86.0 Å². The summed E-state index contributed by atoms with van der Waals surface area (Å²) in [6, 6.07) is 0. The molecule has 79 heavy (non-hydrogen) atoms. The molecule has 450 valence electrons. The number of ether oxygens (including phenoxy) is 8. The van der Waals surface area contributed by atoms with Gasteiger partial charge in [0.2, 0.25) is 0 Å². The molecule has 2 unspecified atom stereocenters. The van der Waals surface area contributed by atoms with Gasteiger partial charge in [0, 0.05) is 23.3 Å². The van der Waals surface area contributed by atoms with Gasteiger partial charge in [-0.25, -0.2) is 9.59 Å². The van der Waals surface area contributed by atoms with Crippen molar-refractivity contribution < 1.29 is 119 Å². The highest BCUT2D eigenvalue weighted by atomic mass is 16.8. The Bertz CT molecular complexity index is 2290. The Morgan fingerprint density at radius 2 is 1.28 bits per heavy atom. The molecule has 24 nitrogen and oxygen atoms in total. The molecule has 0 aromatic carbocycles. The zero-order valence-electron chi connectivity index (χ0n) is 46.4. The third kappa shape index (κ3) is 10.0. The zero-order chi connectivity index (χ0) is 58.4. The van der Waals surface area contributed by atoms with Gasteiger partial charge in [-0.1, -0.05) is 59.3 Å². The van der Waals surface area contributed by atoms with Crippen molar-refractivity contribution in [3.8, 4) is 0 Å². The van der Waals surface area contributed by atoms with Crippen LogP contribution in [0.4, 0.5) is 0 Å². The predicted molar refractivity (Wildman–Crippen MR) is 269 cm³/mol. The Kier molecular flexibility index (Phi) is 17.8. The summed E-state index contributed by atoms with van der Waals surface area (Å²) in [5, 5.41) is 144. The summed E-state index contributed by atoms with van der Waals surface area (Å²) in [4.78, 5) is 39.0. The van der Waals surface area contributed by atoms with Gasteiger partial charge >= 0.3 is 17.9 Å². The Hall–Kier alpha value is -2.83. The van der Waals surface area contributed by atoms with E-state index in [1.165, 1.54) is 6.92 Å². The van der Waals surface area contributed by atoms with Crippen LogP contribution >= 0.6 is 0 Å². The summed E-state index contributed by atoms with van der Waals surface area (Å²) in [7, 11) is 0. The van der Waals surface area contributed by atoms with Crippen molar-refractivity contribution in [3.05, 3.63) is 23.3 Å². The van der Waals surface area contributed by atoms with Gasteiger partial charge < -0.3 is 104 Å². The molecule has 3 heterocycles. The molecular weight excluding hydrogens is 1040 g/mol. The number of allylic oxidation sites excluding steroid dienone is 3. The number of rotatable bonds is 14. The van der Waals surface area contributed by atoms with Crippen molar-refractivity contribution in [2.24, 2.45) is 50.2 Å². The molecule has 8 rings (SSSR count). The fraction of sp³-hybridized carbons (Fsp3) is 0.873. The van der Waals surface area contributed by atoms with Crippen molar-refractivity contribution in [2.45, 2.75) is 224 Å². The predicted octanol–water partition coefficient (Wildman–Crippen LogP) is -1.32. The number of hydrogen-bond acceptors (Lipinski definition) is 23. The average molecular weight is 1130 g/mol. The lowest BCUT2D eigenvalue weighted by atomic mass is 9.33. The van der Waals surface area contributed by atoms with Crippen molar-refractivity contribution in [3.63, 3.8) is 0 Å². The monoisotopic (exact) mass is 1130 g/mol. The lowest BCUT2D eigenvalue weighted by molar-refractivity contribution is -0.392. The summed E-state index contributed by atoms with van der Waals surface area (Å²) in [6.45, 7) is 14.3. The molecule has 3 saturated heterocycles. The van der Waals surface area contributed by atoms with Gasteiger partial charge in [0.05, 0.1) is 37.4 Å². The van der Waals surface area contributed by atoms with Crippen LogP contribution in [0.2, 0.25) is 0 Å². The van der Waals surface area contributed by atoms with Crippen LogP contribution in [0.3, 0.4) is 0 Å². The fourth-order valence-corrected chi connectivity index (χ4v) is 16.1. The maximum Gasteiger partial charge on any atom is 0.335 e. The minimum absolute atomic E-state index is 0.0849. The molecule has 13 N–H and O–H groups in total. The number of aliphatic hydroxyl groups excluding tert-OH is 12. The summed E-state index contributed by atoms with van der Waals surface area (Å²) >= 11 is 0. The first-order chi connectivity index (χ1) is 36.9. The molecule has 5 aliphatic carbocycles. The molecule has 8 aliphatic rings. The molecule has 24 heteroatoms. The van der Waals surface area contributed by atoms with Gasteiger partial charge in [0.25, 0.3) is 0 Å². The highest BCUT2D eigenvalue weighted by Gasteiger charge is 2.74. The van der Waals surface area contributed by atoms with Crippen molar-refractivity contribution >= 4 is 17.9 Å². The Labute approximate surface area is 459 Å². The third-order valence-corrected chi connectivity index (χ3v) is 21.0. The Balaban J connectivity index is 1.11. The highest BCUT2D eigenvalue weighted by molar-refractivity contribution is 5.87. The first kappa shape index (κ1) is 62.2. The SMILES string of the molecule is C/C=C(\C)C(=O)O[C@H]1[C@H](O)[C@]2(COC(C)=O)[C@H](O)C[C@]3(C)C(=CCC4[C@@]5(C)CC[C@H](O[C@@H]6O[C@H](C(=O)O)[C@@H](O[C@@H]7O[C@H](CO)[C@@H](O)[C@H](O)[C@H]7O)[C@H](O)[C@H]6O[C@@H]6O[C@H](CO)[C@@H](O)[C@H](O)[C@H]6O)[C@](C)(CO)C5CC[C@]43C)[C@@H]2CC1(C)C. The summed E-state index contributed by atoms with van der Waals surface area (Å²) < 4.78 is 47.7. The summed E-state index contributed by atoms with van der Waals surface area (Å²) in [6.07, 6.45) is -26.8. The molecule has 0 aromatic rings. The molecule has 0 aromatic heterocycles. The number of aliphatic hydroxyl groups is 12. The largest absolute Gasteiger partial charge is 0.479 e. The van der Waals surface area contributed by atoms with Crippen LogP contribution < -0.4 is 0 Å². The quantitative estimate of drug-likeness (QED) is 0.0415. The van der Waals surface area contributed by atoms with Crippen molar-refractivity contribution in [1.82, 2.24) is 0 Å². The van der Waals surface area contributed by atoms with E-state index in [9.17, 15) is 80.8 Å². The van der Waals surface area contributed by atoms with Gasteiger partial charge in [0.15, 0.2) is 25.0 Å². The number of hydrogen-bond donors (Lipinski definition) is 13. The van der Waals surface area contributed by atoms with E-state index in [1.54, 1.807) is 19.9 Å². The number of esters is 2. The van der Waals surface area contributed by atoms with Gasteiger partial charge in [-0.05, 0) is 92.8 Å². The van der Waals surface area contributed by atoms with Crippen molar-refractivity contribution in [1.29, 1.82) is 0 Å². The van der Waals surface area contributed by atoms with Gasteiger partial charge in [-0.3, -0.25) is 4.79 Å². The number of aliphatic carboxylic acids is 1. The molecule has 0 bridgehead atoms. The molecule has 4 saturated carbocycles. The van der Waals surface area contributed by atoms with E-state index >= 15 is 0 Å². The number of carbonyl (C=O) groups is 3. The van der Waals surface area contributed by atoms with E-state index in [4.69, 9.17) is 37.9 Å². The molecule has 7 fully saturated rings. The standard InChI is InChI=1S/C55H86O24/c1-10-23(2)46(71)79-44-43(68)55(22-72-24(3)59)26(17-50(44,4)5)25-11-12-30-51(6)15-14-32(52(7,21-58)29(51)13-16-53(30,8)54(25,9)18-31(55)60)75-49-41(77-48-38(66)36(64)34(62)28(20-57)74-48)39(67)40(42(78-49)45(69)70)76-47-37(65)35(63)33(61)27(19-56)73-47/h10-11,26-44,47-49,56-58,60-68H,12-22H2,1-9H3,(H,69,70)/b23-10+/t26-,27+,28+,29?,30?,31+,32-,33+,34+,35-,36-,37+,38+,39-,40-,41+,42-,43-,44-,47-,48-,49+,51-,52+,53+,54+,55-/m0/s1. The molecular formula is C55H86O24. The van der Waals surface area contributed by atoms with Crippen LogP contribution in [0.5, 0.6) is 0 Å². The maximum absolute atomic E-state index is 13.3. The van der Waals surface area contributed by atoms with E-state index in [2.05, 4.69) is 26.8 Å². The smallest absolute Gasteiger partial charge is 0.335 e. The van der Waals surface area contributed by atoms with E-state index in [-0.39, 0.29) is 31.3 Å². The number of carboxylic acids is 1. The second-order valence-electron chi connectivity index (χ2n) is 25.6. The van der Waals surface area contributed by atoms with E-state index in [0.29, 0.717) is 37.7 Å². The molecule has 3 aliphatic heterocycles. The lowest BCUT2D eigenvalue weighted by Crippen LogP contribution is -2.72. The van der Waals surface area contributed by atoms with Crippen LogP contribution in [0.15, 0.2) is 23.3 Å². The topological polar surface area (TPSA) is 388 Å². The molecule has 27 atom stereocenters. The minimum Gasteiger partial charge on any atom is -0.479 e. The second kappa shape index (κ2) is 22.6. The van der Waals surface area contributed by atoms with Gasteiger partial charge in [-0.15, -0.1) is 0 Å². The van der Waals surface area contributed by atoms with Crippen LogP contribution in [-0.2, 0) is 52.3 Å². The minimum atomic E-state index is -2.18. The number of carboxylic acid groups (broad SMARTS) is 1. The van der Waals surface area contributed by atoms with Crippen LogP contribution in [0.1, 0.15) is 107 Å². The second-order valence-corrected chi connectivity index (χ2v) is 25.6. The van der Waals surface area contributed by atoms with Crippen molar-refractivity contribution in [2.75, 3.05) is 26.4 Å². The van der Waals surface area contributed by atoms with Gasteiger partial charge in [-0.2, -0.15) is 0 Å². The van der Waals surface area contributed by atoms with Crippen LogP contribution in [0, 0.1) is 50.2 Å². The zero-order valence-corrected chi connectivity index (χ0v) is 46.4. The van der Waals surface area contributed by atoms with E-state index in [1.807, 2.05) is 20.8 Å². The normalized spacial score (nSPS) is 50.6. The van der Waals surface area contributed by atoms with Crippen LogP contribution in [-0.4, -0.2) is 227 Å². The number of carbonyl (C=O) groups excluding carboxylic acids is 2. The van der Waals surface area contributed by atoms with E-state index in [0.717, 1.165) is 5.57 Å². The average Bonchev–Trinajstić information content (AvgIpc) is 3.39.